The number of hydrogen-bond donors (Lipinski definition) is 0. The molecule has 2 aromatic heterocycles. The van der Waals surface area contributed by atoms with Crippen molar-refractivity contribution in [3.8, 4) is 11.4 Å². The number of benzene rings is 2. The van der Waals surface area contributed by atoms with Gasteiger partial charge in [-0.2, -0.15) is 0 Å². The smallest absolute Gasteiger partial charge is 0.337 e. The van der Waals surface area contributed by atoms with Gasteiger partial charge in [-0.3, -0.25) is 14.2 Å². The van der Waals surface area contributed by atoms with Gasteiger partial charge in [0.2, 0.25) is 5.91 Å². The fourth-order valence-corrected chi connectivity index (χ4v) is 5.78. The number of fused-ring (bicyclic) bond motifs is 2. The van der Waals surface area contributed by atoms with Crippen LogP contribution < -0.4 is 20.9 Å². The molecule has 8 nitrogen and oxygen atoms in total. The Morgan fingerprint density at radius 3 is 2.62 bits per heavy atom. The Balaban J connectivity index is 1.68. The normalized spacial score (nSPS) is 13.2. The van der Waals surface area contributed by atoms with Gasteiger partial charge in [0.15, 0.2) is 9.99 Å². The van der Waals surface area contributed by atoms with Crippen molar-refractivity contribution < 1.29 is 9.53 Å². The summed E-state index contributed by atoms with van der Waals surface area (Å²) in [7, 11) is 1.48. The first-order chi connectivity index (χ1) is 16.5. The van der Waals surface area contributed by atoms with Crippen LogP contribution >= 0.6 is 23.1 Å². The molecule has 1 aliphatic rings. The largest absolute Gasteiger partial charge is 0.495 e. The molecule has 1 amide bonds. The predicted octanol–water partition coefficient (Wildman–Crippen LogP) is 3.32. The third kappa shape index (κ3) is 3.72. The van der Waals surface area contributed by atoms with E-state index in [0.29, 0.717) is 27.0 Å². The molecule has 34 heavy (non-hydrogen) atoms. The first-order valence-corrected chi connectivity index (χ1v) is 12.8. The zero-order chi connectivity index (χ0) is 23.8. The second-order valence-corrected chi connectivity index (χ2v) is 9.85. The minimum Gasteiger partial charge on any atom is -0.495 e. The number of ether oxygens (including phenoxy) is 1. The Morgan fingerprint density at radius 2 is 1.85 bits per heavy atom. The second-order valence-electron chi connectivity index (χ2n) is 7.80. The lowest BCUT2D eigenvalue weighted by Gasteiger charge is -2.29. The number of anilines is 1. The van der Waals surface area contributed by atoms with E-state index in [0.717, 1.165) is 28.7 Å². The van der Waals surface area contributed by atoms with Crippen LogP contribution in [0.2, 0.25) is 0 Å². The monoisotopic (exact) mass is 494 g/mol. The molecule has 0 fully saturated rings. The Hall–Kier alpha value is -3.37. The molecule has 0 saturated carbocycles. The average molecular weight is 495 g/mol. The van der Waals surface area contributed by atoms with E-state index < -0.39 is 11.2 Å². The lowest BCUT2D eigenvalue weighted by molar-refractivity contribution is -0.119. The lowest BCUT2D eigenvalue weighted by Crippen LogP contribution is -2.44. The standard InChI is InChI=1S/C24H22N4O4S2/c1-32-18-12-6-5-11-17(18)28-22(30)20-21(25-23(33-2)34-20)27(24(28)31)14-19(29)26-13-7-9-15-8-3-4-10-16(15)26/h3-6,8,10-12H,7,9,13-14H2,1-2H3. The maximum atomic E-state index is 13.7. The molecule has 0 unspecified atom stereocenters. The first kappa shape index (κ1) is 22.4. The molecule has 0 radical (unpaired) electrons. The van der Waals surface area contributed by atoms with Crippen molar-refractivity contribution in [1.29, 1.82) is 0 Å². The number of nitrogens with zero attached hydrogens (tertiary/aromatic N) is 4. The molecule has 2 aromatic carbocycles. The van der Waals surface area contributed by atoms with Crippen LogP contribution in [0.3, 0.4) is 0 Å². The van der Waals surface area contributed by atoms with E-state index in [2.05, 4.69) is 4.98 Å². The Morgan fingerprint density at radius 1 is 1.12 bits per heavy atom. The van der Waals surface area contributed by atoms with E-state index in [4.69, 9.17) is 4.74 Å². The fourth-order valence-electron chi connectivity index (χ4n) is 4.29. The van der Waals surface area contributed by atoms with Crippen molar-refractivity contribution in [3.63, 3.8) is 0 Å². The number of rotatable bonds is 5. The van der Waals surface area contributed by atoms with Gasteiger partial charge in [0.25, 0.3) is 5.56 Å². The van der Waals surface area contributed by atoms with E-state index in [1.54, 1.807) is 29.2 Å². The van der Waals surface area contributed by atoms with Crippen molar-refractivity contribution in [1.82, 2.24) is 14.1 Å². The summed E-state index contributed by atoms with van der Waals surface area (Å²) in [5, 5.41) is 0. The zero-order valence-corrected chi connectivity index (χ0v) is 20.3. The molecule has 3 heterocycles. The summed E-state index contributed by atoms with van der Waals surface area (Å²) in [4.78, 5) is 46.8. The zero-order valence-electron chi connectivity index (χ0n) is 18.7. The number of aromatic nitrogens is 3. The fraction of sp³-hybridized carbons (Fsp3) is 0.250. The summed E-state index contributed by atoms with van der Waals surface area (Å²) in [6.07, 6.45) is 3.61. The van der Waals surface area contributed by atoms with E-state index in [9.17, 15) is 14.4 Å². The molecule has 0 N–H and O–H groups in total. The van der Waals surface area contributed by atoms with E-state index in [1.165, 1.54) is 34.8 Å². The van der Waals surface area contributed by atoms with Crippen LogP contribution in [0.15, 0.2) is 62.5 Å². The minimum absolute atomic E-state index is 0.223. The summed E-state index contributed by atoms with van der Waals surface area (Å²) in [5.74, 6) is 0.165. The number of carbonyl (C=O) groups is 1. The van der Waals surface area contributed by atoms with Crippen LogP contribution in [0.1, 0.15) is 12.0 Å². The van der Waals surface area contributed by atoms with Gasteiger partial charge in [0.1, 0.15) is 17.0 Å². The topological polar surface area (TPSA) is 86.4 Å². The van der Waals surface area contributed by atoms with Crippen molar-refractivity contribution in [2.45, 2.75) is 23.7 Å². The third-order valence-electron chi connectivity index (χ3n) is 5.87. The van der Waals surface area contributed by atoms with Crippen LogP contribution in [0, 0.1) is 0 Å². The highest BCUT2D eigenvalue weighted by atomic mass is 32.2. The van der Waals surface area contributed by atoms with Crippen molar-refractivity contribution in [2.24, 2.45) is 0 Å². The van der Waals surface area contributed by atoms with E-state index in [1.807, 2.05) is 30.5 Å². The highest BCUT2D eigenvalue weighted by molar-refractivity contribution is 8.00. The van der Waals surface area contributed by atoms with Gasteiger partial charge in [0.05, 0.1) is 12.8 Å². The maximum absolute atomic E-state index is 13.7. The molecule has 10 heteroatoms. The summed E-state index contributed by atoms with van der Waals surface area (Å²) in [6.45, 7) is 0.351. The highest BCUT2D eigenvalue weighted by Crippen LogP contribution is 2.29. The highest BCUT2D eigenvalue weighted by Gasteiger charge is 2.26. The Labute approximate surface area is 203 Å². The molecular weight excluding hydrogens is 472 g/mol. The number of thioether (sulfide) groups is 1. The summed E-state index contributed by atoms with van der Waals surface area (Å²) >= 11 is 2.60. The molecule has 0 aliphatic carbocycles. The lowest BCUT2D eigenvalue weighted by atomic mass is 10.0. The van der Waals surface area contributed by atoms with E-state index >= 15 is 0 Å². The SMILES string of the molecule is COc1ccccc1-n1c(=O)c2sc(SC)nc2n(CC(=O)N2CCCc3ccccc32)c1=O. The van der Waals surface area contributed by atoms with Gasteiger partial charge in [-0.25, -0.2) is 14.3 Å². The van der Waals surface area contributed by atoms with Gasteiger partial charge in [-0.15, -0.1) is 11.3 Å². The summed E-state index contributed by atoms with van der Waals surface area (Å²) in [6, 6.07) is 14.6. The van der Waals surface area contributed by atoms with Crippen molar-refractivity contribution >= 4 is 45.0 Å². The van der Waals surface area contributed by atoms with Crippen LogP contribution in [0.25, 0.3) is 16.0 Å². The molecule has 0 spiro atoms. The van der Waals surface area contributed by atoms with Gasteiger partial charge in [-0.05, 0) is 42.9 Å². The molecule has 174 valence electrons. The van der Waals surface area contributed by atoms with Crippen molar-refractivity contribution in [3.05, 3.63) is 74.9 Å². The van der Waals surface area contributed by atoms with Gasteiger partial charge >= 0.3 is 5.69 Å². The predicted molar refractivity (Wildman–Crippen MR) is 135 cm³/mol. The molecule has 0 bridgehead atoms. The van der Waals surface area contributed by atoms with Crippen molar-refractivity contribution in [2.75, 3.05) is 24.8 Å². The molecule has 4 aromatic rings. The number of thiazole rings is 1. The molecule has 5 rings (SSSR count). The number of methoxy groups -OCH3 is 1. The maximum Gasteiger partial charge on any atom is 0.337 e. The number of aryl methyl sites for hydroxylation is 1. The Bertz CT molecular complexity index is 1520. The number of para-hydroxylation sites is 3. The van der Waals surface area contributed by atoms with Crippen LogP contribution in [-0.2, 0) is 17.8 Å². The Kier molecular flexibility index (Phi) is 6.01. The van der Waals surface area contributed by atoms with Gasteiger partial charge < -0.3 is 9.64 Å². The van der Waals surface area contributed by atoms with Crippen LogP contribution in [-0.4, -0.2) is 39.9 Å². The molecule has 1 aliphatic heterocycles. The third-order valence-corrected chi connectivity index (χ3v) is 7.89. The number of amides is 1. The van der Waals surface area contributed by atoms with Crippen LogP contribution in [0.4, 0.5) is 5.69 Å². The van der Waals surface area contributed by atoms with Gasteiger partial charge in [0, 0.05) is 12.2 Å². The molecule has 0 saturated heterocycles. The van der Waals surface area contributed by atoms with Crippen LogP contribution in [0.5, 0.6) is 5.75 Å². The van der Waals surface area contributed by atoms with Gasteiger partial charge in [-0.1, -0.05) is 42.1 Å². The number of carbonyl (C=O) groups excluding carboxylic acids is 1. The number of hydrogen-bond acceptors (Lipinski definition) is 7. The second kappa shape index (κ2) is 9.11. The first-order valence-electron chi connectivity index (χ1n) is 10.8. The average Bonchev–Trinajstić information content (AvgIpc) is 3.31. The quantitative estimate of drug-likeness (QED) is 0.396. The molecular formula is C24H22N4O4S2. The van der Waals surface area contributed by atoms with E-state index in [-0.39, 0.29) is 18.1 Å². The summed E-state index contributed by atoms with van der Waals surface area (Å²) in [5.41, 5.74) is 1.42. The molecule has 0 atom stereocenters. The summed E-state index contributed by atoms with van der Waals surface area (Å²) < 4.78 is 8.75. The minimum atomic E-state index is -0.626.